The summed E-state index contributed by atoms with van der Waals surface area (Å²) in [6.07, 6.45) is 2.06. The zero-order valence-electron chi connectivity index (χ0n) is 12.7. The van der Waals surface area contributed by atoms with Crippen LogP contribution in [0.1, 0.15) is 49.5 Å². The highest BCUT2D eigenvalue weighted by Crippen LogP contribution is 2.21. The number of nitrogens with one attached hydrogen (secondary N) is 1. The standard InChI is InChI=1S/C16H25NO3/c1-4-7-10-17-16(18)13-8-9-15(20-6-3)14(11-13)12-19-5-2/h8-9,11H,4-7,10,12H2,1-3H3,(H,17,18). The maximum atomic E-state index is 12.0. The molecule has 1 aromatic rings. The SMILES string of the molecule is CCCCNC(=O)c1ccc(OCC)c(COCC)c1. The molecule has 0 saturated carbocycles. The van der Waals surface area contributed by atoms with E-state index >= 15 is 0 Å². The summed E-state index contributed by atoms with van der Waals surface area (Å²) < 4.78 is 11.0. The van der Waals surface area contributed by atoms with E-state index in [0.29, 0.717) is 31.9 Å². The molecule has 0 atom stereocenters. The first-order valence-electron chi connectivity index (χ1n) is 7.34. The van der Waals surface area contributed by atoms with Crippen LogP contribution in [-0.2, 0) is 11.3 Å². The Kier molecular flexibility index (Phi) is 7.73. The van der Waals surface area contributed by atoms with Gasteiger partial charge in [-0.25, -0.2) is 0 Å². The molecule has 0 heterocycles. The van der Waals surface area contributed by atoms with Crippen molar-refractivity contribution in [2.75, 3.05) is 19.8 Å². The number of carbonyl (C=O) groups excluding carboxylic acids is 1. The van der Waals surface area contributed by atoms with Gasteiger partial charge in [-0.05, 0) is 38.5 Å². The first-order chi connectivity index (χ1) is 9.72. The van der Waals surface area contributed by atoms with Gasteiger partial charge in [0.1, 0.15) is 5.75 Å². The Morgan fingerprint density at radius 2 is 2.00 bits per heavy atom. The molecular formula is C16H25NO3. The summed E-state index contributed by atoms with van der Waals surface area (Å²) in [4.78, 5) is 12.0. The van der Waals surface area contributed by atoms with Crippen molar-refractivity contribution in [1.29, 1.82) is 0 Å². The maximum absolute atomic E-state index is 12.0. The lowest BCUT2D eigenvalue weighted by Crippen LogP contribution is -2.24. The molecule has 0 bridgehead atoms. The summed E-state index contributed by atoms with van der Waals surface area (Å²) in [7, 11) is 0. The van der Waals surface area contributed by atoms with E-state index in [1.807, 2.05) is 26.0 Å². The zero-order chi connectivity index (χ0) is 14.8. The molecule has 4 heteroatoms. The largest absolute Gasteiger partial charge is 0.494 e. The number of rotatable bonds is 9. The Bertz CT molecular complexity index is 418. The number of carbonyl (C=O) groups is 1. The van der Waals surface area contributed by atoms with Gasteiger partial charge >= 0.3 is 0 Å². The van der Waals surface area contributed by atoms with Crippen LogP contribution in [0.2, 0.25) is 0 Å². The van der Waals surface area contributed by atoms with Crippen LogP contribution in [0, 0.1) is 0 Å². The summed E-state index contributed by atoms with van der Waals surface area (Å²) in [5.41, 5.74) is 1.57. The van der Waals surface area contributed by atoms with E-state index in [1.165, 1.54) is 0 Å². The second-order valence-corrected chi connectivity index (χ2v) is 4.50. The fourth-order valence-corrected chi connectivity index (χ4v) is 1.82. The molecule has 0 spiro atoms. The van der Waals surface area contributed by atoms with Gasteiger partial charge in [0.05, 0.1) is 13.2 Å². The summed E-state index contributed by atoms with van der Waals surface area (Å²) in [6.45, 7) is 8.39. The molecule has 0 saturated heterocycles. The van der Waals surface area contributed by atoms with Crippen LogP contribution >= 0.6 is 0 Å². The van der Waals surface area contributed by atoms with Gasteiger partial charge in [-0.1, -0.05) is 13.3 Å². The van der Waals surface area contributed by atoms with Gasteiger partial charge in [0, 0.05) is 24.3 Å². The molecule has 0 radical (unpaired) electrons. The minimum absolute atomic E-state index is 0.0424. The van der Waals surface area contributed by atoms with Gasteiger partial charge in [-0.2, -0.15) is 0 Å². The second kappa shape index (κ2) is 9.37. The van der Waals surface area contributed by atoms with Crippen LogP contribution < -0.4 is 10.1 Å². The van der Waals surface area contributed by atoms with Gasteiger partial charge in [0.15, 0.2) is 0 Å². The second-order valence-electron chi connectivity index (χ2n) is 4.50. The normalized spacial score (nSPS) is 10.3. The third-order valence-electron chi connectivity index (χ3n) is 2.90. The van der Waals surface area contributed by atoms with Gasteiger partial charge in [0.2, 0.25) is 0 Å². The van der Waals surface area contributed by atoms with Gasteiger partial charge in [0.25, 0.3) is 5.91 Å². The quantitative estimate of drug-likeness (QED) is 0.706. The van der Waals surface area contributed by atoms with Crippen molar-refractivity contribution >= 4 is 5.91 Å². The van der Waals surface area contributed by atoms with Crippen molar-refractivity contribution in [3.8, 4) is 5.75 Å². The molecular weight excluding hydrogens is 254 g/mol. The Hall–Kier alpha value is -1.55. The van der Waals surface area contributed by atoms with Gasteiger partial charge in [-0.15, -0.1) is 0 Å². The number of benzene rings is 1. The molecule has 0 aromatic heterocycles. The van der Waals surface area contributed by atoms with E-state index < -0.39 is 0 Å². The Labute approximate surface area is 121 Å². The lowest BCUT2D eigenvalue weighted by molar-refractivity contribution is 0.0952. The zero-order valence-corrected chi connectivity index (χ0v) is 12.7. The molecule has 0 unspecified atom stereocenters. The first kappa shape index (κ1) is 16.5. The topological polar surface area (TPSA) is 47.6 Å². The highest BCUT2D eigenvalue weighted by Gasteiger charge is 2.10. The number of amides is 1. The molecule has 0 aliphatic heterocycles. The van der Waals surface area contributed by atoms with Crippen LogP contribution in [0.3, 0.4) is 0 Å². The summed E-state index contributed by atoms with van der Waals surface area (Å²) >= 11 is 0. The molecule has 112 valence electrons. The predicted molar refractivity (Wildman–Crippen MR) is 80.2 cm³/mol. The Morgan fingerprint density at radius 3 is 2.65 bits per heavy atom. The molecule has 20 heavy (non-hydrogen) atoms. The van der Waals surface area contributed by atoms with Crippen molar-refractivity contribution in [2.24, 2.45) is 0 Å². The molecule has 1 N–H and O–H groups in total. The van der Waals surface area contributed by atoms with Crippen molar-refractivity contribution in [3.63, 3.8) is 0 Å². The minimum Gasteiger partial charge on any atom is -0.494 e. The molecule has 1 amide bonds. The van der Waals surface area contributed by atoms with Crippen molar-refractivity contribution in [2.45, 2.75) is 40.2 Å². The lowest BCUT2D eigenvalue weighted by atomic mass is 10.1. The summed E-state index contributed by atoms with van der Waals surface area (Å²) in [5, 5.41) is 2.91. The fourth-order valence-electron chi connectivity index (χ4n) is 1.82. The van der Waals surface area contributed by atoms with Crippen LogP contribution in [-0.4, -0.2) is 25.7 Å². The van der Waals surface area contributed by atoms with Crippen molar-refractivity contribution < 1.29 is 14.3 Å². The van der Waals surface area contributed by atoms with Crippen LogP contribution in [0.4, 0.5) is 0 Å². The van der Waals surface area contributed by atoms with Crippen LogP contribution in [0.5, 0.6) is 5.75 Å². The molecule has 0 aliphatic rings. The predicted octanol–water partition coefficient (Wildman–Crippen LogP) is 3.15. The summed E-state index contributed by atoms with van der Waals surface area (Å²) in [5.74, 6) is 0.741. The van der Waals surface area contributed by atoms with Gasteiger partial charge < -0.3 is 14.8 Å². The van der Waals surface area contributed by atoms with Crippen molar-refractivity contribution in [1.82, 2.24) is 5.32 Å². The maximum Gasteiger partial charge on any atom is 0.251 e. The number of unbranched alkanes of at least 4 members (excludes halogenated alkanes) is 1. The van der Waals surface area contributed by atoms with E-state index in [1.54, 1.807) is 6.07 Å². The van der Waals surface area contributed by atoms with E-state index in [9.17, 15) is 4.79 Å². The third-order valence-corrected chi connectivity index (χ3v) is 2.90. The average Bonchev–Trinajstić information content (AvgIpc) is 2.46. The van der Waals surface area contributed by atoms with Crippen molar-refractivity contribution in [3.05, 3.63) is 29.3 Å². The van der Waals surface area contributed by atoms with E-state index in [2.05, 4.69) is 12.2 Å². The van der Waals surface area contributed by atoms with E-state index in [0.717, 1.165) is 24.2 Å². The van der Waals surface area contributed by atoms with E-state index in [-0.39, 0.29) is 5.91 Å². The smallest absolute Gasteiger partial charge is 0.251 e. The Balaban J connectivity index is 2.79. The molecule has 4 nitrogen and oxygen atoms in total. The first-order valence-corrected chi connectivity index (χ1v) is 7.34. The van der Waals surface area contributed by atoms with Crippen LogP contribution in [0.15, 0.2) is 18.2 Å². The number of hydrogen-bond donors (Lipinski definition) is 1. The van der Waals surface area contributed by atoms with E-state index in [4.69, 9.17) is 9.47 Å². The minimum atomic E-state index is -0.0424. The molecule has 1 rings (SSSR count). The molecule has 1 aromatic carbocycles. The average molecular weight is 279 g/mol. The van der Waals surface area contributed by atoms with Gasteiger partial charge in [-0.3, -0.25) is 4.79 Å². The number of ether oxygens (including phenoxy) is 2. The lowest BCUT2D eigenvalue weighted by Gasteiger charge is -2.12. The highest BCUT2D eigenvalue weighted by molar-refractivity contribution is 5.94. The Morgan fingerprint density at radius 1 is 1.20 bits per heavy atom. The highest BCUT2D eigenvalue weighted by atomic mass is 16.5. The number of hydrogen-bond acceptors (Lipinski definition) is 3. The fraction of sp³-hybridized carbons (Fsp3) is 0.562. The molecule has 0 aliphatic carbocycles. The monoisotopic (exact) mass is 279 g/mol. The third kappa shape index (κ3) is 5.21. The molecule has 0 fully saturated rings. The summed E-state index contributed by atoms with van der Waals surface area (Å²) in [6, 6.07) is 5.48. The van der Waals surface area contributed by atoms with Crippen LogP contribution in [0.25, 0.3) is 0 Å².